The summed E-state index contributed by atoms with van der Waals surface area (Å²) in [6.07, 6.45) is 2.40. The Kier molecular flexibility index (Phi) is 5.14. The van der Waals surface area contributed by atoms with Gasteiger partial charge in [0.25, 0.3) is 5.91 Å². The Morgan fingerprint density at radius 1 is 1.24 bits per heavy atom. The van der Waals surface area contributed by atoms with E-state index < -0.39 is 0 Å². The average Bonchev–Trinajstić information content (AvgIpc) is 2.65. The third-order valence-electron chi connectivity index (χ3n) is 4.05. The number of hydrogen-bond donors (Lipinski definition) is 1. The van der Waals surface area contributed by atoms with Crippen molar-refractivity contribution in [3.63, 3.8) is 0 Å². The lowest BCUT2D eigenvalue weighted by molar-refractivity contribution is -0.118. The van der Waals surface area contributed by atoms with Crippen LogP contribution in [0.2, 0.25) is 5.02 Å². The number of carbonyl (C=O) groups excluding carboxylic acids is 2. The van der Waals surface area contributed by atoms with Gasteiger partial charge in [0.2, 0.25) is 12.4 Å². The topological polar surface area (TPSA) is 78.4 Å². The van der Waals surface area contributed by atoms with Gasteiger partial charge < -0.3 is 15.1 Å². The molecular weight excluding hydrogens is 342 g/mol. The SMILES string of the molecule is Cc1ccc(NC(=O)c2ccnc(N3CCN(C=O)CC3)n2)cc1Cl. The number of hydrogen-bond acceptors (Lipinski definition) is 5. The monoisotopic (exact) mass is 359 g/mol. The number of carbonyl (C=O) groups is 2. The number of nitrogens with one attached hydrogen (secondary N) is 1. The van der Waals surface area contributed by atoms with Crippen molar-refractivity contribution in [1.29, 1.82) is 0 Å². The Morgan fingerprint density at radius 3 is 2.68 bits per heavy atom. The zero-order chi connectivity index (χ0) is 17.8. The molecule has 2 aromatic rings. The Balaban J connectivity index is 1.71. The summed E-state index contributed by atoms with van der Waals surface area (Å²) in [5, 5.41) is 3.38. The molecule has 0 radical (unpaired) electrons. The van der Waals surface area contributed by atoms with Crippen LogP contribution >= 0.6 is 11.6 Å². The van der Waals surface area contributed by atoms with Crippen LogP contribution in [0.4, 0.5) is 11.6 Å². The predicted molar refractivity (Wildman–Crippen MR) is 96.0 cm³/mol. The summed E-state index contributed by atoms with van der Waals surface area (Å²) >= 11 is 6.08. The van der Waals surface area contributed by atoms with Gasteiger partial charge in [0.05, 0.1) is 0 Å². The molecule has 0 spiro atoms. The Bertz CT molecular complexity index is 790. The molecule has 1 aromatic heterocycles. The van der Waals surface area contributed by atoms with Gasteiger partial charge >= 0.3 is 0 Å². The van der Waals surface area contributed by atoms with Gasteiger partial charge in [0.15, 0.2) is 0 Å². The van der Waals surface area contributed by atoms with E-state index in [4.69, 9.17) is 11.6 Å². The highest BCUT2D eigenvalue weighted by Gasteiger charge is 2.19. The van der Waals surface area contributed by atoms with Gasteiger partial charge in [-0.2, -0.15) is 0 Å². The maximum Gasteiger partial charge on any atom is 0.274 e. The molecule has 1 aliphatic heterocycles. The lowest BCUT2D eigenvalue weighted by atomic mass is 10.2. The number of aryl methyl sites for hydroxylation is 1. The van der Waals surface area contributed by atoms with Gasteiger partial charge in [-0.25, -0.2) is 9.97 Å². The summed E-state index contributed by atoms with van der Waals surface area (Å²) in [4.78, 5) is 35.4. The van der Waals surface area contributed by atoms with Crippen LogP contribution in [0.1, 0.15) is 16.1 Å². The van der Waals surface area contributed by atoms with Crippen LogP contribution < -0.4 is 10.2 Å². The van der Waals surface area contributed by atoms with Crippen molar-refractivity contribution < 1.29 is 9.59 Å². The molecule has 3 rings (SSSR count). The predicted octanol–water partition coefficient (Wildman–Crippen LogP) is 1.97. The second-order valence-electron chi connectivity index (χ2n) is 5.79. The Labute approximate surface area is 150 Å². The number of aromatic nitrogens is 2. The van der Waals surface area contributed by atoms with Crippen molar-refractivity contribution >= 4 is 35.6 Å². The molecule has 130 valence electrons. The van der Waals surface area contributed by atoms with Crippen LogP contribution in [-0.4, -0.2) is 53.4 Å². The molecule has 7 nitrogen and oxygen atoms in total. The average molecular weight is 360 g/mol. The zero-order valence-electron chi connectivity index (χ0n) is 13.8. The van der Waals surface area contributed by atoms with Crippen LogP contribution in [-0.2, 0) is 4.79 Å². The summed E-state index contributed by atoms with van der Waals surface area (Å²) < 4.78 is 0. The number of anilines is 2. The first-order valence-corrected chi connectivity index (χ1v) is 8.29. The fourth-order valence-corrected chi connectivity index (χ4v) is 2.70. The first-order chi connectivity index (χ1) is 12.1. The van der Waals surface area contributed by atoms with Crippen LogP contribution in [0.15, 0.2) is 30.5 Å². The molecule has 0 atom stereocenters. The quantitative estimate of drug-likeness (QED) is 0.844. The van der Waals surface area contributed by atoms with Crippen LogP contribution in [0, 0.1) is 6.92 Å². The lowest BCUT2D eigenvalue weighted by Crippen LogP contribution is -2.46. The highest BCUT2D eigenvalue weighted by Crippen LogP contribution is 2.20. The Hall–Kier alpha value is -2.67. The minimum Gasteiger partial charge on any atom is -0.342 e. The lowest BCUT2D eigenvalue weighted by Gasteiger charge is -2.32. The van der Waals surface area contributed by atoms with Crippen molar-refractivity contribution in [2.24, 2.45) is 0 Å². The van der Waals surface area contributed by atoms with E-state index in [-0.39, 0.29) is 11.6 Å². The van der Waals surface area contributed by atoms with E-state index in [9.17, 15) is 9.59 Å². The van der Waals surface area contributed by atoms with Crippen molar-refractivity contribution in [2.75, 3.05) is 36.4 Å². The highest BCUT2D eigenvalue weighted by atomic mass is 35.5. The van der Waals surface area contributed by atoms with Gasteiger partial charge in [-0.3, -0.25) is 9.59 Å². The number of halogens is 1. The van der Waals surface area contributed by atoms with E-state index in [0.29, 0.717) is 42.8 Å². The second kappa shape index (κ2) is 7.48. The van der Waals surface area contributed by atoms with Crippen molar-refractivity contribution in [3.05, 3.63) is 46.7 Å². The van der Waals surface area contributed by atoms with Crippen LogP contribution in [0.25, 0.3) is 0 Å². The summed E-state index contributed by atoms with van der Waals surface area (Å²) in [5.41, 5.74) is 1.83. The first-order valence-electron chi connectivity index (χ1n) is 7.91. The maximum absolute atomic E-state index is 12.4. The zero-order valence-corrected chi connectivity index (χ0v) is 14.5. The molecule has 0 unspecified atom stereocenters. The number of amides is 2. The third kappa shape index (κ3) is 4.06. The normalized spacial score (nSPS) is 14.3. The minimum atomic E-state index is -0.324. The van der Waals surface area contributed by atoms with Gasteiger partial charge in [-0.05, 0) is 30.7 Å². The van der Waals surface area contributed by atoms with Gasteiger partial charge in [0.1, 0.15) is 5.69 Å². The molecule has 1 N–H and O–H groups in total. The molecular formula is C17H18ClN5O2. The van der Waals surface area contributed by atoms with Gasteiger partial charge in [-0.15, -0.1) is 0 Å². The highest BCUT2D eigenvalue weighted by molar-refractivity contribution is 6.31. The molecule has 1 saturated heterocycles. The molecule has 2 amide bonds. The van der Waals surface area contributed by atoms with E-state index in [2.05, 4.69) is 15.3 Å². The molecule has 1 aliphatic rings. The largest absolute Gasteiger partial charge is 0.342 e. The van der Waals surface area contributed by atoms with Crippen molar-refractivity contribution in [2.45, 2.75) is 6.92 Å². The first kappa shape index (κ1) is 17.2. The molecule has 25 heavy (non-hydrogen) atoms. The molecule has 0 saturated carbocycles. The number of benzene rings is 1. The maximum atomic E-state index is 12.4. The van der Waals surface area contributed by atoms with E-state index in [1.165, 1.54) is 0 Å². The Morgan fingerprint density at radius 2 is 2.00 bits per heavy atom. The van der Waals surface area contributed by atoms with E-state index in [0.717, 1.165) is 12.0 Å². The molecule has 0 bridgehead atoms. The van der Waals surface area contributed by atoms with Gasteiger partial charge in [-0.1, -0.05) is 17.7 Å². The van der Waals surface area contributed by atoms with E-state index in [1.54, 1.807) is 29.3 Å². The van der Waals surface area contributed by atoms with E-state index >= 15 is 0 Å². The van der Waals surface area contributed by atoms with Crippen molar-refractivity contribution in [1.82, 2.24) is 14.9 Å². The molecule has 2 heterocycles. The second-order valence-corrected chi connectivity index (χ2v) is 6.20. The molecule has 8 heteroatoms. The fraction of sp³-hybridized carbons (Fsp3) is 0.294. The molecule has 0 aliphatic carbocycles. The third-order valence-corrected chi connectivity index (χ3v) is 4.46. The summed E-state index contributed by atoms with van der Waals surface area (Å²) in [7, 11) is 0. The number of piperazine rings is 1. The van der Waals surface area contributed by atoms with Gasteiger partial charge in [0, 0.05) is 43.1 Å². The number of nitrogens with zero attached hydrogens (tertiary/aromatic N) is 4. The fourth-order valence-electron chi connectivity index (χ4n) is 2.52. The smallest absolute Gasteiger partial charge is 0.274 e. The standard InChI is InChI=1S/C17H18ClN5O2/c1-12-2-3-13(10-14(12)18)20-16(25)15-4-5-19-17(21-15)23-8-6-22(11-24)7-9-23/h2-5,10-11H,6-9H2,1H3,(H,20,25). The minimum absolute atomic E-state index is 0.277. The van der Waals surface area contributed by atoms with Crippen molar-refractivity contribution in [3.8, 4) is 0 Å². The summed E-state index contributed by atoms with van der Waals surface area (Å²) in [5.74, 6) is 0.162. The summed E-state index contributed by atoms with van der Waals surface area (Å²) in [6, 6.07) is 6.90. The molecule has 1 aromatic carbocycles. The van der Waals surface area contributed by atoms with E-state index in [1.807, 2.05) is 17.9 Å². The summed E-state index contributed by atoms with van der Waals surface area (Å²) in [6.45, 7) is 4.40. The number of rotatable bonds is 4. The molecule has 1 fully saturated rings. The van der Waals surface area contributed by atoms with Crippen LogP contribution in [0.3, 0.4) is 0 Å². The van der Waals surface area contributed by atoms with Crippen LogP contribution in [0.5, 0.6) is 0 Å².